The van der Waals surface area contributed by atoms with Crippen molar-refractivity contribution in [1.82, 2.24) is 15.5 Å². The van der Waals surface area contributed by atoms with Gasteiger partial charge < -0.3 is 20.3 Å². The highest BCUT2D eigenvalue weighted by Gasteiger charge is 2.28. The summed E-state index contributed by atoms with van der Waals surface area (Å²) in [6.45, 7) is 2.43. The van der Waals surface area contributed by atoms with E-state index < -0.39 is 6.04 Å². The van der Waals surface area contributed by atoms with Crippen LogP contribution >= 0.6 is 15.9 Å². The number of methoxy groups -OCH3 is 1. The van der Waals surface area contributed by atoms with Crippen molar-refractivity contribution in [3.05, 3.63) is 28.2 Å². The number of ether oxygens (including phenoxy) is 1. The minimum absolute atomic E-state index is 0.0151. The first kappa shape index (κ1) is 21.2. The number of nitrogens with one attached hydrogen (secondary N) is 2. The van der Waals surface area contributed by atoms with Crippen molar-refractivity contribution in [2.75, 3.05) is 26.7 Å². The van der Waals surface area contributed by atoms with Gasteiger partial charge in [-0.05, 0) is 59.3 Å². The minimum atomic E-state index is -0.533. The third-order valence-corrected chi connectivity index (χ3v) is 5.06. The standard InChI is InChI=1S/C19H26BrN3O4/c1-13(24)22-16-5-3-4-10-23(19(16)26)12-18(25)21-9-8-14-6-7-17(27-2)15(20)11-14/h6-7,11,16H,3-5,8-10,12H2,1-2H3,(H,21,25)(H,22,24). The van der Waals surface area contributed by atoms with Crippen LogP contribution in [0.5, 0.6) is 5.75 Å². The second-order valence-electron chi connectivity index (χ2n) is 6.58. The van der Waals surface area contributed by atoms with E-state index in [0.29, 0.717) is 25.9 Å². The summed E-state index contributed by atoms with van der Waals surface area (Å²) in [6.07, 6.45) is 2.97. The zero-order valence-corrected chi connectivity index (χ0v) is 17.3. The van der Waals surface area contributed by atoms with Gasteiger partial charge in [0.25, 0.3) is 0 Å². The summed E-state index contributed by atoms with van der Waals surface area (Å²) >= 11 is 3.44. The SMILES string of the molecule is COc1ccc(CCNC(=O)CN2CCCCC(NC(C)=O)C2=O)cc1Br. The Kier molecular flexibility index (Phi) is 8.09. The Morgan fingerprint density at radius 3 is 2.78 bits per heavy atom. The van der Waals surface area contributed by atoms with E-state index in [1.807, 2.05) is 18.2 Å². The van der Waals surface area contributed by atoms with Gasteiger partial charge in [-0.25, -0.2) is 0 Å². The van der Waals surface area contributed by atoms with Gasteiger partial charge in [0.15, 0.2) is 0 Å². The summed E-state index contributed by atoms with van der Waals surface area (Å²) in [7, 11) is 1.61. The lowest BCUT2D eigenvalue weighted by atomic mass is 10.1. The van der Waals surface area contributed by atoms with Crippen LogP contribution in [0.2, 0.25) is 0 Å². The molecule has 1 aromatic rings. The Morgan fingerprint density at radius 1 is 1.33 bits per heavy atom. The number of nitrogens with zero attached hydrogens (tertiary/aromatic N) is 1. The van der Waals surface area contributed by atoms with Gasteiger partial charge >= 0.3 is 0 Å². The summed E-state index contributed by atoms with van der Waals surface area (Å²) < 4.78 is 6.07. The molecule has 1 aliphatic rings. The van der Waals surface area contributed by atoms with E-state index in [1.165, 1.54) is 11.8 Å². The largest absolute Gasteiger partial charge is 0.496 e. The molecule has 1 unspecified atom stereocenters. The van der Waals surface area contributed by atoms with Gasteiger partial charge in [-0.2, -0.15) is 0 Å². The maximum absolute atomic E-state index is 12.5. The average Bonchev–Trinajstić information content (AvgIpc) is 2.77. The van der Waals surface area contributed by atoms with Gasteiger partial charge in [0.2, 0.25) is 17.7 Å². The molecule has 0 radical (unpaired) electrons. The average molecular weight is 440 g/mol. The summed E-state index contributed by atoms with van der Waals surface area (Å²) in [4.78, 5) is 37.6. The highest BCUT2D eigenvalue weighted by atomic mass is 79.9. The molecule has 2 rings (SSSR count). The van der Waals surface area contributed by atoms with Crippen LogP contribution in [0, 0.1) is 0 Å². The molecule has 1 aromatic carbocycles. The van der Waals surface area contributed by atoms with Crippen molar-refractivity contribution in [3.63, 3.8) is 0 Å². The lowest BCUT2D eigenvalue weighted by Gasteiger charge is -2.24. The van der Waals surface area contributed by atoms with Crippen LogP contribution in [0.25, 0.3) is 0 Å². The van der Waals surface area contributed by atoms with Gasteiger partial charge in [-0.3, -0.25) is 14.4 Å². The summed E-state index contributed by atoms with van der Waals surface area (Å²) in [5.74, 6) is 0.151. The highest BCUT2D eigenvalue weighted by Crippen LogP contribution is 2.25. The Labute approximate surface area is 167 Å². The molecule has 148 valence electrons. The van der Waals surface area contributed by atoms with Crippen LogP contribution in [0.4, 0.5) is 0 Å². The van der Waals surface area contributed by atoms with E-state index in [0.717, 1.165) is 28.6 Å². The number of halogens is 1. The molecule has 1 aliphatic heterocycles. The van der Waals surface area contributed by atoms with Crippen molar-refractivity contribution in [1.29, 1.82) is 0 Å². The first-order valence-electron chi connectivity index (χ1n) is 9.05. The van der Waals surface area contributed by atoms with E-state index in [1.54, 1.807) is 7.11 Å². The van der Waals surface area contributed by atoms with Crippen LogP contribution < -0.4 is 15.4 Å². The van der Waals surface area contributed by atoms with Gasteiger partial charge in [-0.1, -0.05) is 6.07 Å². The van der Waals surface area contributed by atoms with Crippen molar-refractivity contribution in [2.45, 2.75) is 38.6 Å². The van der Waals surface area contributed by atoms with E-state index in [-0.39, 0.29) is 24.3 Å². The first-order valence-corrected chi connectivity index (χ1v) is 9.85. The Balaban J connectivity index is 1.82. The van der Waals surface area contributed by atoms with Crippen molar-refractivity contribution < 1.29 is 19.1 Å². The topological polar surface area (TPSA) is 87.7 Å². The zero-order chi connectivity index (χ0) is 19.8. The molecule has 1 atom stereocenters. The molecule has 0 aliphatic carbocycles. The third kappa shape index (κ3) is 6.53. The minimum Gasteiger partial charge on any atom is -0.496 e. The monoisotopic (exact) mass is 439 g/mol. The number of carbonyl (C=O) groups is 3. The zero-order valence-electron chi connectivity index (χ0n) is 15.7. The van der Waals surface area contributed by atoms with Crippen LogP contribution in [-0.2, 0) is 20.8 Å². The molecule has 27 heavy (non-hydrogen) atoms. The highest BCUT2D eigenvalue weighted by molar-refractivity contribution is 9.10. The number of benzene rings is 1. The predicted octanol–water partition coefficient (Wildman–Crippen LogP) is 1.63. The first-order chi connectivity index (χ1) is 12.9. The maximum atomic E-state index is 12.5. The summed E-state index contributed by atoms with van der Waals surface area (Å²) in [5, 5.41) is 5.53. The van der Waals surface area contributed by atoms with Gasteiger partial charge in [0.1, 0.15) is 11.8 Å². The van der Waals surface area contributed by atoms with Crippen molar-refractivity contribution in [2.24, 2.45) is 0 Å². The number of hydrogen-bond acceptors (Lipinski definition) is 4. The Bertz CT molecular complexity index is 696. The molecule has 0 spiro atoms. The quantitative estimate of drug-likeness (QED) is 0.675. The van der Waals surface area contributed by atoms with Crippen LogP contribution in [0.15, 0.2) is 22.7 Å². The van der Waals surface area contributed by atoms with E-state index in [2.05, 4.69) is 26.6 Å². The Morgan fingerprint density at radius 2 is 2.11 bits per heavy atom. The van der Waals surface area contributed by atoms with Crippen LogP contribution in [-0.4, -0.2) is 55.4 Å². The summed E-state index contributed by atoms with van der Waals surface area (Å²) in [6, 6.07) is 5.25. The lowest BCUT2D eigenvalue weighted by Crippen LogP contribution is -2.49. The van der Waals surface area contributed by atoms with E-state index in [9.17, 15) is 14.4 Å². The van der Waals surface area contributed by atoms with Crippen LogP contribution in [0.3, 0.4) is 0 Å². The van der Waals surface area contributed by atoms with Crippen molar-refractivity contribution >= 4 is 33.7 Å². The number of rotatable bonds is 7. The molecule has 0 bridgehead atoms. The van der Waals surface area contributed by atoms with Gasteiger partial charge in [0.05, 0.1) is 18.1 Å². The smallest absolute Gasteiger partial charge is 0.245 e. The molecule has 1 heterocycles. The number of hydrogen-bond donors (Lipinski definition) is 2. The second-order valence-corrected chi connectivity index (χ2v) is 7.43. The van der Waals surface area contributed by atoms with E-state index >= 15 is 0 Å². The molecule has 3 amide bonds. The Hall–Kier alpha value is -2.09. The lowest BCUT2D eigenvalue weighted by molar-refractivity contribution is -0.138. The normalized spacial score (nSPS) is 17.2. The molecule has 7 nitrogen and oxygen atoms in total. The molecular formula is C19H26BrN3O4. The molecule has 2 N–H and O–H groups in total. The molecule has 1 fully saturated rings. The molecule has 1 saturated heterocycles. The fraction of sp³-hybridized carbons (Fsp3) is 0.526. The van der Waals surface area contributed by atoms with Crippen LogP contribution in [0.1, 0.15) is 31.7 Å². The van der Waals surface area contributed by atoms with Gasteiger partial charge in [-0.15, -0.1) is 0 Å². The van der Waals surface area contributed by atoms with Crippen molar-refractivity contribution in [3.8, 4) is 5.75 Å². The number of carbonyl (C=O) groups excluding carboxylic acids is 3. The molecule has 0 aromatic heterocycles. The third-order valence-electron chi connectivity index (χ3n) is 4.44. The van der Waals surface area contributed by atoms with Gasteiger partial charge in [0, 0.05) is 20.0 Å². The summed E-state index contributed by atoms with van der Waals surface area (Å²) in [5.41, 5.74) is 1.07. The number of likely N-dealkylation sites (tertiary alicyclic amines) is 1. The molecule has 0 saturated carbocycles. The number of amides is 3. The fourth-order valence-corrected chi connectivity index (χ4v) is 3.67. The molecular weight excluding hydrogens is 414 g/mol. The maximum Gasteiger partial charge on any atom is 0.245 e. The fourth-order valence-electron chi connectivity index (χ4n) is 3.08. The molecule has 8 heteroatoms. The second kappa shape index (κ2) is 10.3. The van der Waals surface area contributed by atoms with E-state index in [4.69, 9.17) is 4.74 Å². The predicted molar refractivity (Wildman–Crippen MR) is 105 cm³/mol.